The van der Waals surface area contributed by atoms with Crippen molar-refractivity contribution in [2.45, 2.75) is 12.5 Å². The molecule has 1 nitrogen and oxygen atoms in total. The van der Waals surface area contributed by atoms with Crippen LogP contribution in [-0.4, -0.2) is 7.05 Å². The van der Waals surface area contributed by atoms with Crippen LogP contribution in [0, 0.1) is 0 Å². The smallest absolute Gasteiger partial charge is 0.0843 e. The van der Waals surface area contributed by atoms with Crippen molar-refractivity contribution in [2.75, 3.05) is 7.05 Å². The Bertz CT molecular complexity index is 567. The van der Waals surface area contributed by atoms with Gasteiger partial charge in [-0.25, -0.2) is 0 Å². The highest BCUT2D eigenvalue weighted by atomic mass is 79.9. The standard InChI is InChI=1S/C13H11Br2Cl2NS/c1-18-11(12-6-9(14)13(15)19-12)4-7-2-3-8(16)5-10(7)17/h2-3,5-6,11,18H,4H2,1H3. The fourth-order valence-corrected chi connectivity index (χ4v) is 4.47. The highest BCUT2D eigenvalue weighted by Crippen LogP contribution is 2.37. The van der Waals surface area contributed by atoms with Gasteiger partial charge in [0.1, 0.15) is 0 Å². The molecule has 0 aliphatic rings. The third kappa shape index (κ3) is 3.96. The van der Waals surface area contributed by atoms with E-state index in [1.807, 2.05) is 19.2 Å². The number of thiophene rings is 1. The monoisotopic (exact) mass is 441 g/mol. The molecule has 19 heavy (non-hydrogen) atoms. The summed E-state index contributed by atoms with van der Waals surface area (Å²) < 4.78 is 2.18. The first-order valence-electron chi connectivity index (χ1n) is 5.57. The van der Waals surface area contributed by atoms with Gasteiger partial charge in [0, 0.05) is 25.4 Å². The lowest BCUT2D eigenvalue weighted by atomic mass is 10.0. The highest BCUT2D eigenvalue weighted by Gasteiger charge is 2.16. The number of halogens is 4. The van der Waals surface area contributed by atoms with Gasteiger partial charge in [-0.15, -0.1) is 11.3 Å². The molecule has 1 N–H and O–H groups in total. The molecule has 2 aromatic rings. The maximum atomic E-state index is 6.23. The van der Waals surface area contributed by atoms with Gasteiger partial charge in [-0.05, 0) is 69.1 Å². The Hall–Kier alpha value is 0.420. The largest absolute Gasteiger partial charge is 0.312 e. The molecule has 0 aliphatic carbocycles. The minimum Gasteiger partial charge on any atom is -0.312 e. The maximum Gasteiger partial charge on any atom is 0.0843 e. The van der Waals surface area contributed by atoms with Crippen molar-refractivity contribution in [3.63, 3.8) is 0 Å². The molecule has 6 heteroatoms. The van der Waals surface area contributed by atoms with Crippen LogP contribution < -0.4 is 5.32 Å². The lowest BCUT2D eigenvalue weighted by Crippen LogP contribution is -2.17. The van der Waals surface area contributed by atoms with E-state index >= 15 is 0 Å². The maximum absolute atomic E-state index is 6.23. The lowest BCUT2D eigenvalue weighted by Gasteiger charge is -2.15. The second-order valence-electron chi connectivity index (χ2n) is 4.05. The first kappa shape index (κ1) is 15.8. The van der Waals surface area contributed by atoms with Crippen molar-refractivity contribution in [3.05, 3.63) is 53.0 Å². The predicted octanol–water partition coefficient (Wildman–Crippen LogP) is 6.08. The lowest BCUT2D eigenvalue weighted by molar-refractivity contribution is 0.602. The van der Waals surface area contributed by atoms with Gasteiger partial charge < -0.3 is 5.32 Å². The second kappa shape index (κ2) is 6.92. The zero-order valence-corrected chi connectivity index (χ0v) is 15.5. The third-order valence-corrected chi connectivity index (χ3v) is 6.75. The van der Waals surface area contributed by atoms with E-state index in [0.717, 1.165) is 20.2 Å². The van der Waals surface area contributed by atoms with Crippen LogP contribution in [-0.2, 0) is 6.42 Å². The zero-order valence-electron chi connectivity index (χ0n) is 10.0. The van der Waals surface area contributed by atoms with E-state index in [1.165, 1.54) is 4.88 Å². The Kier molecular flexibility index (Phi) is 5.76. The summed E-state index contributed by atoms with van der Waals surface area (Å²) in [5.41, 5.74) is 1.09. The highest BCUT2D eigenvalue weighted by molar-refractivity contribution is 9.13. The number of benzene rings is 1. The third-order valence-electron chi connectivity index (χ3n) is 2.80. The summed E-state index contributed by atoms with van der Waals surface area (Å²) in [5.74, 6) is 0. The second-order valence-corrected chi connectivity index (χ2v) is 8.15. The zero-order chi connectivity index (χ0) is 14.0. The fourth-order valence-electron chi connectivity index (χ4n) is 1.79. The summed E-state index contributed by atoms with van der Waals surface area (Å²) in [7, 11) is 1.95. The van der Waals surface area contributed by atoms with Crippen LogP contribution in [0.3, 0.4) is 0 Å². The first-order chi connectivity index (χ1) is 9.01. The molecular formula is C13H11Br2Cl2NS. The summed E-state index contributed by atoms with van der Waals surface area (Å²) in [6.07, 6.45) is 0.825. The molecule has 1 unspecified atom stereocenters. The van der Waals surface area contributed by atoms with Gasteiger partial charge in [-0.3, -0.25) is 0 Å². The number of hydrogen-bond donors (Lipinski definition) is 1. The van der Waals surface area contributed by atoms with E-state index in [9.17, 15) is 0 Å². The molecule has 2 rings (SSSR count). The molecule has 0 fully saturated rings. The molecule has 0 spiro atoms. The predicted molar refractivity (Wildman–Crippen MR) is 91.7 cm³/mol. The fraction of sp³-hybridized carbons (Fsp3) is 0.231. The molecule has 0 radical (unpaired) electrons. The SMILES string of the molecule is CNC(Cc1ccc(Cl)cc1Cl)c1cc(Br)c(Br)s1. The molecule has 0 bridgehead atoms. The molecule has 0 amide bonds. The van der Waals surface area contributed by atoms with Crippen molar-refractivity contribution in [3.8, 4) is 0 Å². The number of likely N-dealkylation sites (N-methyl/N-ethyl adjacent to an activating group) is 1. The van der Waals surface area contributed by atoms with Gasteiger partial charge in [-0.2, -0.15) is 0 Å². The van der Waals surface area contributed by atoms with Crippen molar-refractivity contribution in [2.24, 2.45) is 0 Å². The number of hydrogen-bond acceptors (Lipinski definition) is 2. The molecule has 0 aliphatic heterocycles. The molecule has 0 saturated carbocycles. The van der Waals surface area contributed by atoms with Crippen LogP contribution in [0.25, 0.3) is 0 Å². The molecular weight excluding hydrogens is 433 g/mol. The summed E-state index contributed by atoms with van der Waals surface area (Å²) in [4.78, 5) is 1.26. The van der Waals surface area contributed by atoms with E-state index in [1.54, 1.807) is 17.4 Å². The number of rotatable bonds is 4. The van der Waals surface area contributed by atoms with Gasteiger partial charge in [0.2, 0.25) is 0 Å². The summed E-state index contributed by atoms with van der Waals surface area (Å²) in [6.45, 7) is 0. The van der Waals surface area contributed by atoms with Crippen molar-refractivity contribution in [1.29, 1.82) is 0 Å². The van der Waals surface area contributed by atoms with Crippen molar-refractivity contribution < 1.29 is 0 Å². The molecule has 1 atom stereocenters. The number of nitrogens with one attached hydrogen (secondary N) is 1. The van der Waals surface area contributed by atoms with Crippen molar-refractivity contribution in [1.82, 2.24) is 5.32 Å². The summed E-state index contributed by atoms with van der Waals surface area (Å²) in [5, 5.41) is 4.70. The average molecular weight is 444 g/mol. The van der Waals surface area contributed by atoms with Gasteiger partial charge in [0.25, 0.3) is 0 Å². The van der Waals surface area contributed by atoms with E-state index in [4.69, 9.17) is 23.2 Å². The Morgan fingerprint density at radius 2 is 2.00 bits per heavy atom. The quantitative estimate of drug-likeness (QED) is 0.603. The summed E-state index contributed by atoms with van der Waals surface area (Å²) >= 11 is 20.9. The van der Waals surface area contributed by atoms with Crippen LogP contribution in [0.5, 0.6) is 0 Å². The Morgan fingerprint density at radius 3 is 2.53 bits per heavy atom. The Balaban J connectivity index is 2.23. The van der Waals surface area contributed by atoms with Gasteiger partial charge in [-0.1, -0.05) is 29.3 Å². The summed E-state index contributed by atoms with van der Waals surface area (Å²) in [6, 6.07) is 7.99. The van der Waals surface area contributed by atoms with Gasteiger partial charge >= 0.3 is 0 Å². The van der Waals surface area contributed by atoms with E-state index in [2.05, 4.69) is 43.2 Å². The van der Waals surface area contributed by atoms with Crippen molar-refractivity contribution >= 4 is 66.4 Å². The normalized spacial score (nSPS) is 12.7. The van der Waals surface area contributed by atoms with Crippen LogP contribution in [0.2, 0.25) is 10.0 Å². The first-order valence-corrected chi connectivity index (χ1v) is 8.73. The van der Waals surface area contributed by atoms with Crippen LogP contribution in [0.4, 0.5) is 0 Å². The average Bonchev–Trinajstić information content (AvgIpc) is 2.68. The van der Waals surface area contributed by atoms with Gasteiger partial charge in [0.05, 0.1) is 3.79 Å². The molecule has 1 heterocycles. The van der Waals surface area contributed by atoms with Gasteiger partial charge in [0.15, 0.2) is 0 Å². The minimum absolute atomic E-state index is 0.228. The van der Waals surface area contributed by atoms with E-state index in [-0.39, 0.29) is 6.04 Å². The van der Waals surface area contributed by atoms with Crippen LogP contribution >= 0.6 is 66.4 Å². The molecule has 102 valence electrons. The molecule has 1 aromatic heterocycles. The van der Waals surface area contributed by atoms with Crippen LogP contribution in [0.15, 0.2) is 32.5 Å². The van der Waals surface area contributed by atoms with Crippen LogP contribution in [0.1, 0.15) is 16.5 Å². The topological polar surface area (TPSA) is 12.0 Å². The van der Waals surface area contributed by atoms with E-state index < -0.39 is 0 Å². The Morgan fingerprint density at radius 1 is 1.26 bits per heavy atom. The Labute approximate surface area is 143 Å². The molecule has 0 saturated heterocycles. The van der Waals surface area contributed by atoms with E-state index in [0.29, 0.717) is 10.0 Å². The minimum atomic E-state index is 0.228. The molecule has 1 aromatic carbocycles.